The number of aryl methyl sites for hydroxylation is 1. The number of hydrazine groups is 1. The van der Waals surface area contributed by atoms with Gasteiger partial charge in [-0.2, -0.15) is 5.10 Å². The number of amidine groups is 1. The quantitative estimate of drug-likeness (QED) is 0.741. The van der Waals surface area contributed by atoms with Gasteiger partial charge >= 0.3 is 0 Å². The number of carbonyl (C=O) groups is 1. The van der Waals surface area contributed by atoms with Gasteiger partial charge in [-0.1, -0.05) is 0 Å². The number of carbonyl (C=O) groups excluding carboxylic acids is 1. The van der Waals surface area contributed by atoms with E-state index in [1.165, 1.54) is 17.9 Å². The van der Waals surface area contributed by atoms with E-state index in [1.807, 2.05) is 0 Å². The predicted octanol–water partition coefficient (Wildman–Crippen LogP) is 0.212. The number of amides is 1. The Hall–Kier alpha value is -2.75. The number of hydrogen-bond acceptors (Lipinski definition) is 6. The number of alkyl halides is 2. The lowest BCUT2D eigenvalue weighted by Gasteiger charge is -2.17. The lowest BCUT2D eigenvalue weighted by atomic mass is 10.2. The average molecular weight is 309 g/mol. The number of hydrogen-bond donors (Lipinski definition) is 3. The van der Waals surface area contributed by atoms with Crippen molar-refractivity contribution in [2.75, 3.05) is 11.9 Å². The van der Waals surface area contributed by atoms with Gasteiger partial charge in [-0.15, -0.1) is 0 Å². The summed E-state index contributed by atoms with van der Waals surface area (Å²) in [6.07, 6.45) is 1.75. The van der Waals surface area contributed by atoms with Crippen molar-refractivity contribution in [1.82, 2.24) is 20.2 Å². The fraction of sp³-hybridized carbons (Fsp3) is 0.250. The van der Waals surface area contributed by atoms with Gasteiger partial charge in [0.15, 0.2) is 11.5 Å². The minimum absolute atomic E-state index is 0.0302. The van der Waals surface area contributed by atoms with Crippen molar-refractivity contribution in [3.8, 4) is 0 Å². The van der Waals surface area contributed by atoms with Crippen LogP contribution in [0.1, 0.15) is 12.1 Å². The van der Waals surface area contributed by atoms with Crippen molar-refractivity contribution in [2.24, 2.45) is 17.8 Å². The first-order valence-electron chi connectivity index (χ1n) is 6.37. The molecule has 3 heterocycles. The standard InChI is InChI=1S/C12H13F2N7O/c1-20-5-7(9(19-20)10(13)14)17-12(22)6-4-16-21-3-2-8(15)18-11(6)21/h2-3,5,10,16H,4H2,1H3,(H2,15,18)(H,17,22). The van der Waals surface area contributed by atoms with E-state index in [-0.39, 0.29) is 18.1 Å². The summed E-state index contributed by atoms with van der Waals surface area (Å²) in [4.78, 5) is 16.4. The molecule has 1 aromatic heterocycles. The smallest absolute Gasteiger partial charge is 0.284 e. The zero-order valence-electron chi connectivity index (χ0n) is 11.5. The minimum atomic E-state index is -2.78. The lowest BCUT2D eigenvalue weighted by molar-refractivity contribution is -0.112. The number of anilines is 1. The maximum absolute atomic E-state index is 12.9. The summed E-state index contributed by atoms with van der Waals surface area (Å²) in [5.41, 5.74) is 8.32. The summed E-state index contributed by atoms with van der Waals surface area (Å²) in [6, 6.07) is 0. The van der Waals surface area contributed by atoms with Gasteiger partial charge in [-0.25, -0.2) is 19.2 Å². The first-order chi connectivity index (χ1) is 10.5. The number of nitrogens with zero attached hydrogens (tertiary/aromatic N) is 4. The van der Waals surface area contributed by atoms with Crippen LogP contribution in [0, 0.1) is 0 Å². The fourth-order valence-electron chi connectivity index (χ4n) is 2.16. The first-order valence-corrected chi connectivity index (χ1v) is 6.37. The molecule has 0 unspecified atom stereocenters. The van der Waals surface area contributed by atoms with Gasteiger partial charge in [0.2, 0.25) is 0 Å². The summed E-state index contributed by atoms with van der Waals surface area (Å²) in [7, 11) is 1.50. The molecule has 3 rings (SSSR count). The topological polar surface area (TPSA) is 101 Å². The van der Waals surface area contributed by atoms with E-state index in [4.69, 9.17) is 5.73 Å². The van der Waals surface area contributed by atoms with Crippen LogP contribution in [0.2, 0.25) is 0 Å². The molecule has 0 spiro atoms. The summed E-state index contributed by atoms with van der Waals surface area (Å²) >= 11 is 0. The molecule has 0 aromatic carbocycles. The van der Waals surface area contributed by atoms with Crippen LogP contribution in [0.5, 0.6) is 0 Å². The molecule has 2 aliphatic heterocycles. The van der Waals surface area contributed by atoms with Gasteiger partial charge in [-0.05, 0) is 6.08 Å². The van der Waals surface area contributed by atoms with Gasteiger partial charge in [-0.3, -0.25) is 14.5 Å². The third-order valence-electron chi connectivity index (χ3n) is 3.14. The molecule has 10 heteroatoms. The van der Waals surface area contributed by atoms with E-state index in [9.17, 15) is 13.6 Å². The highest BCUT2D eigenvalue weighted by Crippen LogP contribution is 2.27. The third kappa shape index (κ3) is 2.44. The molecule has 8 nitrogen and oxygen atoms in total. The Morgan fingerprint density at radius 1 is 1.55 bits per heavy atom. The van der Waals surface area contributed by atoms with Crippen molar-refractivity contribution >= 4 is 17.4 Å². The molecule has 0 fully saturated rings. The van der Waals surface area contributed by atoms with Crippen LogP contribution in [0.15, 0.2) is 34.9 Å². The number of rotatable bonds is 3. The Balaban J connectivity index is 1.87. The Kier molecular flexibility index (Phi) is 3.37. The predicted molar refractivity (Wildman–Crippen MR) is 74.4 cm³/mol. The van der Waals surface area contributed by atoms with Crippen molar-refractivity contribution in [3.63, 3.8) is 0 Å². The second-order valence-electron chi connectivity index (χ2n) is 4.72. The molecule has 1 amide bonds. The molecule has 4 N–H and O–H groups in total. The summed E-state index contributed by atoms with van der Waals surface area (Å²) < 4.78 is 27.0. The molecule has 116 valence electrons. The van der Waals surface area contributed by atoms with Crippen LogP contribution in [-0.4, -0.2) is 33.1 Å². The number of aliphatic imine (C=N–C) groups is 1. The number of fused-ring (bicyclic) bond motifs is 1. The largest absolute Gasteiger partial charge is 0.384 e. The van der Waals surface area contributed by atoms with Crippen LogP contribution in [0.3, 0.4) is 0 Å². The van der Waals surface area contributed by atoms with E-state index >= 15 is 0 Å². The highest BCUT2D eigenvalue weighted by Gasteiger charge is 2.29. The van der Waals surface area contributed by atoms with Crippen LogP contribution < -0.4 is 16.5 Å². The van der Waals surface area contributed by atoms with Crippen molar-refractivity contribution in [3.05, 3.63) is 35.6 Å². The van der Waals surface area contributed by atoms with Gasteiger partial charge in [0.05, 0.1) is 11.3 Å². The zero-order valence-corrected chi connectivity index (χ0v) is 11.5. The summed E-state index contributed by atoms with van der Waals surface area (Å²) in [6.45, 7) is 0.215. The van der Waals surface area contributed by atoms with Crippen LogP contribution in [-0.2, 0) is 11.8 Å². The molecule has 0 saturated heterocycles. The van der Waals surface area contributed by atoms with E-state index in [0.717, 1.165) is 0 Å². The zero-order chi connectivity index (χ0) is 15.9. The lowest BCUT2D eigenvalue weighted by Crippen LogP contribution is -2.29. The first kappa shape index (κ1) is 14.2. The van der Waals surface area contributed by atoms with E-state index in [2.05, 4.69) is 20.8 Å². The summed E-state index contributed by atoms with van der Waals surface area (Å²) in [5.74, 6) is 0.0710. The minimum Gasteiger partial charge on any atom is -0.384 e. The Morgan fingerprint density at radius 2 is 2.32 bits per heavy atom. The number of halogens is 2. The number of nitrogens with one attached hydrogen (secondary N) is 2. The summed E-state index contributed by atoms with van der Waals surface area (Å²) in [5, 5.41) is 7.62. The molecule has 0 atom stereocenters. The SMILES string of the molecule is Cn1cc(NC(=O)C2=C3N=C(N)C=CN3NC2)c(C(F)F)n1. The van der Waals surface area contributed by atoms with Crippen LogP contribution >= 0.6 is 0 Å². The van der Waals surface area contributed by atoms with Crippen LogP contribution in [0.4, 0.5) is 14.5 Å². The average Bonchev–Trinajstić information content (AvgIpc) is 3.01. The Labute approximate surface area is 123 Å². The normalized spacial score (nSPS) is 17.1. The molecule has 2 aliphatic rings. The highest BCUT2D eigenvalue weighted by molar-refractivity contribution is 6.05. The molecule has 0 aliphatic carbocycles. The van der Waals surface area contributed by atoms with Crippen LogP contribution in [0.25, 0.3) is 0 Å². The second kappa shape index (κ2) is 5.22. The van der Waals surface area contributed by atoms with Crippen molar-refractivity contribution < 1.29 is 13.6 Å². The molecule has 22 heavy (non-hydrogen) atoms. The molecule has 0 radical (unpaired) electrons. The molecular formula is C12H13F2N7O. The van der Waals surface area contributed by atoms with Crippen molar-refractivity contribution in [1.29, 1.82) is 0 Å². The highest BCUT2D eigenvalue weighted by atomic mass is 19.3. The monoisotopic (exact) mass is 309 g/mol. The molecular weight excluding hydrogens is 296 g/mol. The van der Waals surface area contributed by atoms with E-state index in [1.54, 1.807) is 17.3 Å². The molecule has 0 saturated carbocycles. The second-order valence-corrected chi connectivity index (χ2v) is 4.72. The fourth-order valence-corrected chi connectivity index (χ4v) is 2.16. The molecule has 0 bridgehead atoms. The van der Waals surface area contributed by atoms with Gasteiger partial charge < -0.3 is 11.1 Å². The maximum Gasteiger partial charge on any atom is 0.284 e. The third-order valence-corrected chi connectivity index (χ3v) is 3.14. The van der Waals surface area contributed by atoms with Crippen molar-refractivity contribution in [2.45, 2.75) is 6.43 Å². The molecule has 1 aromatic rings. The Morgan fingerprint density at radius 3 is 3.05 bits per heavy atom. The van der Waals surface area contributed by atoms with Gasteiger partial charge in [0.1, 0.15) is 5.84 Å². The van der Waals surface area contributed by atoms with E-state index < -0.39 is 18.0 Å². The van der Waals surface area contributed by atoms with Gasteiger partial charge in [0.25, 0.3) is 12.3 Å². The van der Waals surface area contributed by atoms with Gasteiger partial charge in [0, 0.05) is 26.0 Å². The maximum atomic E-state index is 12.9. The number of nitrogens with two attached hydrogens (primary N) is 1. The Bertz CT molecular complexity index is 719. The number of aromatic nitrogens is 2. The van der Waals surface area contributed by atoms with E-state index in [0.29, 0.717) is 11.4 Å².